The molecule has 2 atom stereocenters. The first kappa shape index (κ1) is 27.4. The predicted octanol–water partition coefficient (Wildman–Crippen LogP) is 4.45. The molecule has 9 nitrogen and oxygen atoms in total. The third kappa shape index (κ3) is 6.45. The fourth-order valence-electron chi connectivity index (χ4n) is 5.03. The number of methoxy groups -OCH3 is 2. The summed E-state index contributed by atoms with van der Waals surface area (Å²) in [6, 6.07) is 8.66. The molecule has 38 heavy (non-hydrogen) atoms. The monoisotopic (exact) mass is 525 g/mol. The minimum Gasteiger partial charge on any atom is -0.493 e. The number of anilines is 2. The van der Waals surface area contributed by atoms with Crippen molar-refractivity contribution in [2.24, 2.45) is 0 Å². The lowest BCUT2D eigenvalue weighted by atomic mass is 10.0. The Morgan fingerprint density at radius 1 is 1.00 bits per heavy atom. The molecule has 206 valence electrons. The van der Waals surface area contributed by atoms with Crippen LogP contribution in [0.15, 0.2) is 42.5 Å². The average molecular weight is 526 g/mol. The van der Waals surface area contributed by atoms with Gasteiger partial charge in [-0.25, -0.2) is 0 Å². The summed E-state index contributed by atoms with van der Waals surface area (Å²) >= 11 is 0. The number of rotatable bonds is 12. The molecule has 1 unspecified atom stereocenters. The van der Waals surface area contributed by atoms with Gasteiger partial charge in [0.2, 0.25) is 0 Å². The summed E-state index contributed by atoms with van der Waals surface area (Å²) in [7, 11) is 3.16. The van der Waals surface area contributed by atoms with Crippen molar-refractivity contribution in [1.29, 1.82) is 0 Å². The highest BCUT2D eigenvalue weighted by Crippen LogP contribution is 2.36. The molecule has 2 aromatic carbocycles. The zero-order valence-corrected chi connectivity index (χ0v) is 22.4. The van der Waals surface area contributed by atoms with Crippen LogP contribution in [0.25, 0.3) is 0 Å². The van der Waals surface area contributed by atoms with Crippen LogP contribution in [0, 0.1) is 0 Å². The number of likely N-dealkylation sites (tertiary alicyclic amines) is 1. The summed E-state index contributed by atoms with van der Waals surface area (Å²) in [5.41, 5.74) is 14.6. The van der Waals surface area contributed by atoms with Crippen LogP contribution < -0.4 is 30.4 Å². The Morgan fingerprint density at radius 2 is 1.71 bits per heavy atom. The summed E-state index contributed by atoms with van der Waals surface area (Å²) in [5.74, 6) is 2.16. The second-order valence-electron chi connectivity index (χ2n) is 9.76. The first-order valence-corrected chi connectivity index (χ1v) is 13.2. The van der Waals surface area contributed by atoms with Gasteiger partial charge in [0.1, 0.15) is 0 Å². The largest absolute Gasteiger partial charge is 0.493 e. The zero-order valence-electron chi connectivity index (χ0n) is 22.4. The second-order valence-corrected chi connectivity index (χ2v) is 9.76. The van der Waals surface area contributed by atoms with Gasteiger partial charge in [0.05, 0.1) is 45.1 Å². The molecule has 0 saturated carbocycles. The van der Waals surface area contributed by atoms with Crippen molar-refractivity contribution < 1.29 is 28.5 Å². The molecule has 2 saturated heterocycles. The number of nitrogens with zero attached hydrogens (tertiary/aromatic N) is 1. The summed E-state index contributed by atoms with van der Waals surface area (Å²) < 4.78 is 28.5. The third-order valence-electron chi connectivity index (χ3n) is 7.00. The van der Waals surface area contributed by atoms with Gasteiger partial charge in [0.25, 0.3) is 5.91 Å². The molecule has 2 aliphatic rings. The van der Waals surface area contributed by atoms with Gasteiger partial charge in [-0.15, -0.1) is 0 Å². The molecule has 2 heterocycles. The maximum absolute atomic E-state index is 13.5. The molecular weight excluding hydrogens is 486 g/mol. The van der Waals surface area contributed by atoms with E-state index in [9.17, 15) is 4.79 Å². The molecule has 4 N–H and O–H groups in total. The molecule has 0 aliphatic carbocycles. The first-order chi connectivity index (χ1) is 18.4. The Bertz CT molecular complexity index is 1130. The number of amides is 1. The zero-order chi connectivity index (χ0) is 27.1. The van der Waals surface area contributed by atoms with Crippen molar-refractivity contribution >= 4 is 17.3 Å². The van der Waals surface area contributed by atoms with Crippen LogP contribution in [0.1, 0.15) is 48.9 Å². The van der Waals surface area contributed by atoms with E-state index in [-0.39, 0.29) is 18.1 Å². The molecular formula is C29H39N3O6. The molecule has 4 rings (SSSR count). The molecule has 2 aromatic rings. The number of unbranched alkanes of at least 4 members (excludes halogenated alkanes) is 2. The number of nitrogens with two attached hydrogens (primary N) is 2. The lowest BCUT2D eigenvalue weighted by molar-refractivity contribution is 0.0341. The summed E-state index contributed by atoms with van der Waals surface area (Å²) in [6.07, 6.45) is 5.34. The van der Waals surface area contributed by atoms with E-state index in [1.807, 2.05) is 4.90 Å². The molecule has 1 amide bonds. The highest BCUT2D eigenvalue weighted by atomic mass is 16.5. The van der Waals surface area contributed by atoms with Gasteiger partial charge in [-0.1, -0.05) is 12.2 Å². The minimum absolute atomic E-state index is 0.0110. The SMILES string of the molecule is C=C1C[C@@H](C2CCCO2)N(C(=O)c2cc(OC)c(OCCCCCOc3cc(N)ccc3OC)cc2N)C1. The van der Waals surface area contributed by atoms with Crippen molar-refractivity contribution in [3.63, 3.8) is 0 Å². The van der Waals surface area contributed by atoms with Gasteiger partial charge in [0, 0.05) is 36.7 Å². The smallest absolute Gasteiger partial charge is 0.256 e. The van der Waals surface area contributed by atoms with Crippen LogP contribution in [0.5, 0.6) is 23.0 Å². The average Bonchev–Trinajstić information content (AvgIpc) is 3.58. The van der Waals surface area contributed by atoms with E-state index in [0.29, 0.717) is 59.7 Å². The Balaban J connectivity index is 1.29. The van der Waals surface area contributed by atoms with E-state index < -0.39 is 0 Å². The molecule has 0 radical (unpaired) electrons. The van der Waals surface area contributed by atoms with Gasteiger partial charge in [0.15, 0.2) is 23.0 Å². The fraction of sp³-hybridized carbons (Fsp3) is 0.483. The van der Waals surface area contributed by atoms with Gasteiger partial charge in [-0.3, -0.25) is 4.79 Å². The van der Waals surface area contributed by atoms with Gasteiger partial charge < -0.3 is 40.1 Å². The van der Waals surface area contributed by atoms with E-state index in [1.165, 1.54) is 0 Å². The third-order valence-corrected chi connectivity index (χ3v) is 7.00. The summed E-state index contributed by atoms with van der Waals surface area (Å²) in [4.78, 5) is 15.3. The maximum atomic E-state index is 13.5. The highest BCUT2D eigenvalue weighted by Gasteiger charge is 2.39. The van der Waals surface area contributed by atoms with Crippen LogP contribution in [-0.2, 0) is 4.74 Å². The normalized spacial score (nSPS) is 19.0. The van der Waals surface area contributed by atoms with Crippen LogP contribution in [-0.4, -0.2) is 63.5 Å². The van der Waals surface area contributed by atoms with Crippen molar-refractivity contribution in [3.8, 4) is 23.0 Å². The van der Waals surface area contributed by atoms with E-state index in [1.54, 1.807) is 44.6 Å². The van der Waals surface area contributed by atoms with Crippen LogP contribution in [0.3, 0.4) is 0 Å². The Kier molecular flexibility index (Phi) is 9.23. The summed E-state index contributed by atoms with van der Waals surface area (Å²) in [5, 5.41) is 0. The Morgan fingerprint density at radius 3 is 2.37 bits per heavy atom. The number of hydrogen-bond donors (Lipinski definition) is 2. The van der Waals surface area contributed by atoms with Crippen molar-refractivity contribution in [3.05, 3.63) is 48.0 Å². The Hall–Kier alpha value is -3.59. The number of ether oxygens (including phenoxy) is 5. The van der Waals surface area contributed by atoms with E-state index in [4.69, 9.17) is 35.2 Å². The topological polar surface area (TPSA) is 118 Å². The van der Waals surface area contributed by atoms with Crippen molar-refractivity contribution in [1.82, 2.24) is 4.90 Å². The lowest BCUT2D eigenvalue weighted by Crippen LogP contribution is -2.42. The van der Waals surface area contributed by atoms with Crippen LogP contribution in [0.4, 0.5) is 11.4 Å². The number of hydrogen-bond acceptors (Lipinski definition) is 8. The fourth-order valence-corrected chi connectivity index (χ4v) is 5.03. The molecule has 0 spiro atoms. The lowest BCUT2D eigenvalue weighted by Gasteiger charge is -2.29. The number of carbonyl (C=O) groups is 1. The van der Waals surface area contributed by atoms with E-state index in [0.717, 1.165) is 50.7 Å². The molecule has 2 fully saturated rings. The predicted molar refractivity (Wildman–Crippen MR) is 147 cm³/mol. The van der Waals surface area contributed by atoms with E-state index >= 15 is 0 Å². The number of carbonyl (C=O) groups excluding carboxylic acids is 1. The quantitative estimate of drug-likeness (QED) is 0.237. The van der Waals surface area contributed by atoms with Gasteiger partial charge >= 0.3 is 0 Å². The van der Waals surface area contributed by atoms with Crippen LogP contribution >= 0.6 is 0 Å². The molecule has 9 heteroatoms. The maximum Gasteiger partial charge on any atom is 0.256 e. The summed E-state index contributed by atoms with van der Waals surface area (Å²) in [6.45, 7) is 6.39. The highest BCUT2D eigenvalue weighted by molar-refractivity contribution is 6.00. The second kappa shape index (κ2) is 12.8. The van der Waals surface area contributed by atoms with Crippen LogP contribution in [0.2, 0.25) is 0 Å². The number of benzene rings is 2. The van der Waals surface area contributed by atoms with Crippen molar-refractivity contribution in [2.45, 2.75) is 50.7 Å². The van der Waals surface area contributed by atoms with Gasteiger partial charge in [-0.05, 0) is 56.7 Å². The first-order valence-electron chi connectivity index (χ1n) is 13.2. The van der Waals surface area contributed by atoms with Crippen molar-refractivity contribution in [2.75, 3.05) is 52.1 Å². The van der Waals surface area contributed by atoms with E-state index in [2.05, 4.69) is 6.58 Å². The number of nitrogen functional groups attached to an aromatic ring is 2. The molecule has 0 bridgehead atoms. The molecule has 2 aliphatic heterocycles. The molecule has 0 aromatic heterocycles. The minimum atomic E-state index is -0.136. The van der Waals surface area contributed by atoms with Gasteiger partial charge in [-0.2, -0.15) is 0 Å². The Labute approximate surface area is 224 Å². The standard InChI is InChI=1S/C29H39N3O6/c1-19-14-23(24-8-7-13-36-24)32(18-19)29(33)21-16-26(35-3)28(17-22(21)31)38-12-6-4-5-11-37-27-15-20(30)9-10-25(27)34-2/h9-10,15-17,23-24H,1,4-8,11-14,18,30-31H2,2-3H3/t23-,24?/m0/s1.